The van der Waals surface area contributed by atoms with Gasteiger partial charge in [-0.1, -0.05) is 82.0 Å². The van der Waals surface area contributed by atoms with Crippen LogP contribution in [0.1, 0.15) is 107 Å². The summed E-state index contributed by atoms with van der Waals surface area (Å²) in [6, 6.07) is 18.7. The first-order valence-electron chi connectivity index (χ1n) is 24.0. The number of phenolic OH excluding ortho intramolecular Hbond substituents is 1. The molecule has 8 rings (SSSR count). The number of nitrogens with zero attached hydrogens (tertiary/aromatic N) is 2. The molecule has 12 nitrogen and oxygen atoms in total. The molecular formula is C52H71ClN4O8Si. The van der Waals surface area contributed by atoms with Gasteiger partial charge in [-0.2, -0.15) is 0 Å². The minimum atomic E-state index is -2.28. The van der Waals surface area contributed by atoms with Crippen LogP contribution in [0, 0.1) is 5.92 Å². The largest absolute Gasteiger partial charge is 0.506 e. The van der Waals surface area contributed by atoms with Gasteiger partial charge in [-0.3, -0.25) is 19.3 Å². The van der Waals surface area contributed by atoms with Crippen molar-refractivity contribution >= 4 is 42.7 Å². The van der Waals surface area contributed by atoms with Crippen LogP contribution in [0.5, 0.6) is 17.2 Å². The summed E-state index contributed by atoms with van der Waals surface area (Å²) < 4.78 is 25.1. The number of esters is 1. The predicted octanol–water partition coefficient (Wildman–Crippen LogP) is 9.45. The van der Waals surface area contributed by atoms with Crippen LogP contribution in [0.3, 0.4) is 0 Å². The van der Waals surface area contributed by atoms with Crippen molar-refractivity contribution in [3.8, 4) is 17.2 Å². The summed E-state index contributed by atoms with van der Waals surface area (Å²) >= 11 is 6.76. The van der Waals surface area contributed by atoms with E-state index in [1.807, 2.05) is 6.07 Å². The molecule has 1 amide bonds. The van der Waals surface area contributed by atoms with E-state index in [1.165, 1.54) is 11.6 Å². The number of aromatic hydroxyl groups is 1. The van der Waals surface area contributed by atoms with Gasteiger partial charge in [0.15, 0.2) is 14.9 Å². The average Bonchev–Trinajstić information content (AvgIpc) is 3.30. The predicted molar refractivity (Wildman–Crippen MR) is 263 cm³/mol. The fourth-order valence-electron chi connectivity index (χ4n) is 9.78. The molecule has 3 saturated heterocycles. The maximum Gasteiger partial charge on any atom is 0.316 e. The fraction of sp³-hybridized carbons (Fsp3) is 0.558. The number of carbonyl (C=O) groups is 2. The van der Waals surface area contributed by atoms with Crippen molar-refractivity contribution in [1.29, 1.82) is 0 Å². The minimum Gasteiger partial charge on any atom is -0.506 e. The Labute approximate surface area is 396 Å². The molecule has 0 spiro atoms. The zero-order chi connectivity index (χ0) is 47.2. The van der Waals surface area contributed by atoms with E-state index >= 15 is 0 Å². The number of H-pyrrole nitrogens is 1. The van der Waals surface area contributed by atoms with Crippen molar-refractivity contribution in [3.63, 3.8) is 0 Å². The highest BCUT2D eigenvalue weighted by Gasteiger charge is 2.46. The lowest BCUT2D eigenvalue weighted by Gasteiger charge is -2.45. The second-order valence-corrected chi connectivity index (χ2v) is 25.5. The molecular weight excluding hydrogens is 872 g/mol. The third-order valence-electron chi connectivity index (χ3n) is 14.9. The van der Waals surface area contributed by atoms with Crippen LogP contribution in [0.2, 0.25) is 23.2 Å². The van der Waals surface area contributed by atoms with E-state index in [-0.39, 0.29) is 40.9 Å². The average molecular weight is 944 g/mol. The second kappa shape index (κ2) is 21.3. The van der Waals surface area contributed by atoms with Crippen LogP contribution < -0.4 is 20.3 Å². The Balaban J connectivity index is 0.912. The normalized spacial score (nSPS) is 19.9. The van der Waals surface area contributed by atoms with E-state index in [1.54, 1.807) is 43.3 Å². The number of fused-ring (bicyclic) bond motifs is 4. The van der Waals surface area contributed by atoms with Gasteiger partial charge >= 0.3 is 5.97 Å². The van der Waals surface area contributed by atoms with Crippen molar-refractivity contribution in [2.75, 3.05) is 53.5 Å². The van der Waals surface area contributed by atoms with Crippen LogP contribution in [-0.2, 0) is 37.1 Å². The maximum absolute atomic E-state index is 14.1. The summed E-state index contributed by atoms with van der Waals surface area (Å²) in [5.41, 5.74) is 3.46. The summed E-state index contributed by atoms with van der Waals surface area (Å²) in [6.07, 6.45) is 9.34. The van der Waals surface area contributed by atoms with E-state index in [0.717, 1.165) is 101 Å². The number of rotatable bonds is 19. The number of halogens is 1. The molecule has 1 aliphatic carbocycles. The Morgan fingerprint density at radius 2 is 1.77 bits per heavy atom. The first-order valence-corrected chi connectivity index (χ1v) is 27.3. The van der Waals surface area contributed by atoms with Crippen molar-refractivity contribution in [2.45, 2.75) is 127 Å². The summed E-state index contributed by atoms with van der Waals surface area (Å²) in [5, 5.41) is 15.1. The van der Waals surface area contributed by atoms with Gasteiger partial charge in [-0.15, -0.1) is 0 Å². The molecule has 4 heterocycles. The number of benzene rings is 3. The van der Waals surface area contributed by atoms with Gasteiger partial charge in [0, 0.05) is 56.3 Å². The number of unbranched alkanes of at least 4 members (excludes halogenated alkanes) is 1. The van der Waals surface area contributed by atoms with Gasteiger partial charge in [0.1, 0.15) is 23.4 Å². The van der Waals surface area contributed by atoms with Gasteiger partial charge in [0.2, 0.25) is 5.56 Å². The lowest BCUT2D eigenvalue weighted by Crippen LogP contribution is -2.53. The van der Waals surface area contributed by atoms with Crippen LogP contribution in [0.25, 0.3) is 10.9 Å². The lowest BCUT2D eigenvalue weighted by molar-refractivity contribution is -0.167. The third kappa shape index (κ3) is 11.5. The van der Waals surface area contributed by atoms with Crippen molar-refractivity contribution in [3.05, 3.63) is 98.3 Å². The standard InChI is InChI=1S/C52H71ClN4O8Si/c1-51(2,3)66(6,7)65-45(39-17-19-42(58)49-40(39)18-20-47(59)55-49)32-54-31-37-29-41(53)44(30-43(37)62-5)63-34-48(60)56(4)25-12-9-14-35-15-13-16-38(28-35)52(23-10-8-11-24-52)50(61)64-46-33-57-26-21-36(46)22-27-57/h13,15-20,28-30,36,45-46,54,58H,8-12,14,21-27,31-34H2,1-7H3,(H,55,59)/t45-,46-/m0/s1. The number of likely N-dealkylation sites (N-methyl/N-ethyl adjacent to an activating group) is 1. The molecule has 4 fully saturated rings. The first kappa shape index (κ1) is 49.5. The summed E-state index contributed by atoms with van der Waals surface area (Å²) in [4.78, 5) is 46.4. The molecule has 14 heteroatoms. The van der Waals surface area contributed by atoms with Gasteiger partial charge in [-0.05, 0) is 117 Å². The number of aromatic amines is 1. The van der Waals surface area contributed by atoms with E-state index < -0.39 is 19.8 Å². The summed E-state index contributed by atoms with van der Waals surface area (Å²) in [5.74, 6) is 1.21. The topological polar surface area (TPSA) is 143 Å². The fourth-order valence-corrected chi connectivity index (χ4v) is 11.3. The molecule has 3 aliphatic heterocycles. The quantitative estimate of drug-likeness (QED) is 0.0473. The number of methoxy groups -OCH3 is 1. The van der Waals surface area contributed by atoms with Crippen LogP contribution >= 0.6 is 11.6 Å². The molecule has 66 heavy (non-hydrogen) atoms. The number of pyridine rings is 1. The van der Waals surface area contributed by atoms with Gasteiger partial charge in [0.25, 0.3) is 5.91 Å². The smallest absolute Gasteiger partial charge is 0.316 e. The number of carbonyl (C=O) groups excluding carboxylic acids is 2. The zero-order valence-corrected chi connectivity index (χ0v) is 41.9. The Kier molecular flexibility index (Phi) is 16.0. The van der Waals surface area contributed by atoms with Crippen LogP contribution in [0.15, 0.2) is 65.5 Å². The molecule has 1 aromatic heterocycles. The van der Waals surface area contributed by atoms with Crippen molar-refractivity contribution in [2.24, 2.45) is 5.92 Å². The molecule has 2 bridgehead atoms. The first-order chi connectivity index (χ1) is 31.5. The van der Waals surface area contributed by atoms with Crippen molar-refractivity contribution in [1.82, 2.24) is 20.1 Å². The van der Waals surface area contributed by atoms with Gasteiger partial charge in [-0.25, -0.2) is 0 Å². The number of piperidine rings is 3. The lowest BCUT2D eigenvalue weighted by atomic mass is 9.69. The van der Waals surface area contributed by atoms with Crippen LogP contribution in [0.4, 0.5) is 0 Å². The highest BCUT2D eigenvalue weighted by atomic mass is 35.5. The monoisotopic (exact) mass is 942 g/mol. The maximum atomic E-state index is 14.1. The Bertz CT molecular complexity index is 2390. The van der Waals surface area contributed by atoms with Crippen LogP contribution in [-0.4, -0.2) is 99.7 Å². The highest BCUT2D eigenvalue weighted by molar-refractivity contribution is 6.74. The molecule has 0 unspecified atom stereocenters. The molecule has 1 saturated carbocycles. The number of aromatic nitrogens is 1. The number of aryl methyl sites for hydroxylation is 1. The SMILES string of the molecule is COc1cc(OCC(=O)N(C)CCCCc2cccc(C3(C(=O)O[C@H]4CN5CCC4CC5)CCCCC3)c2)c(Cl)cc1CNC[C@H](O[Si](C)(C)C(C)(C)C)c1ccc(O)c2[nH]c(=O)ccc12. The second-order valence-electron chi connectivity index (χ2n) is 20.4. The number of hydrogen-bond donors (Lipinski definition) is 3. The Morgan fingerprint density at radius 3 is 2.47 bits per heavy atom. The molecule has 3 N–H and O–H groups in total. The summed E-state index contributed by atoms with van der Waals surface area (Å²) in [6.45, 7) is 15.3. The molecule has 4 aliphatic rings. The minimum absolute atomic E-state index is 0.00250. The highest BCUT2D eigenvalue weighted by Crippen LogP contribution is 2.44. The van der Waals surface area contributed by atoms with E-state index in [9.17, 15) is 19.5 Å². The van der Waals surface area contributed by atoms with E-state index in [2.05, 4.69) is 73.3 Å². The summed E-state index contributed by atoms with van der Waals surface area (Å²) in [7, 11) is 1.10. The molecule has 358 valence electrons. The molecule has 2 atom stereocenters. The van der Waals surface area contributed by atoms with Crippen molar-refractivity contribution < 1.29 is 33.3 Å². The molecule has 3 aromatic carbocycles. The van der Waals surface area contributed by atoms with E-state index in [4.69, 9.17) is 30.2 Å². The number of ether oxygens (including phenoxy) is 3. The van der Waals surface area contributed by atoms with E-state index in [0.29, 0.717) is 53.0 Å². The number of hydrogen-bond acceptors (Lipinski definition) is 10. The van der Waals surface area contributed by atoms with Gasteiger partial charge < -0.3 is 38.9 Å². The van der Waals surface area contributed by atoms with Gasteiger partial charge in [0.05, 0.1) is 29.2 Å². The number of phenols is 1. The molecule has 0 radical (unpaired) electrons. The number of nitrogens with one attached hydrogen (secondary N) is 2. The zero-order valence-electron chi connectivity index (χ0n) is 40.1. The number of amides is 1. The third-order valence-corrected chi connectivity index (χ3v) is 19.7. The Morgan fingerprint density at radius 1 is 1.02 bits per heavy atom. The Hall–Kier alpha value is -4.40. The molecule has 4 aromatic rings.